The summed E-state index contributed by atoms with van der Waals surface area (Å²) in [7, 11) is -10.8. The second kappa shape index (κ2) is 5.98. The van der Waals surface area contributed by atoms with Crippen LogP contribution in [0.2, 0.25) is 0 Å². The number of rotatable bonds is 6. The number of carbonyl (C=O) groups excluding carboxylic acids is 2. The van der Waals surface area contributed by atoms with E-state index in [1.54, 1.807) is 0 Å². The fourth-order valence-electron chi connectivity index (χ4n) is 1.30. The lowest BCUT2D eigenvalue weighted by Crippen LogP contribution is -2.40. The number of ether oxygens (including phenoxy) is 1. The summed E-state index contributed by atoms with van der Waals surface area (Å²) in [5.74, 6) is -2.99. The molecule has 0 radical (unpaired) electrons. The standard InChI is InChI=1S/C6H10O12P2/c7-1-2(8)4-5(3(9)6(10)16-4)17-20(14,15)18-19(11,12)13/h2,4-5,7-8H,1H2,(H,14,15)(H2,11,12,13)/t2-,4-,5?/m1/s1. The van der Waals surface area contributed by atoms with Crippen molar-refractivity contribution in [1.82, 2.24) is 0 Å². The van der Waals surface area contributed by atoms with Crippen LogP contribution < -0.4 is 0 Å². The van der Waals surface area contributed by atoms with E-state index in [9.17, 15) is 23.8 Å². The highest BCUT2D eigenvalue weighted by molar-refractivity contribution is 7.60. The van der Waals surface area contributed by atoms with Gasteiger partial charge in [-0.05, 0) is 0 Å². The maximum Gasteiger partial charge on any atom is 0.481 e. The molecule has 1 fully saturated rings. The topological polar surface area (TPSA) is 197 Å². The molecule has 1 aliphatic rings. The summed E-state index contributed by atoms with van der Waals surface area (Å²) in [6.07, 6.45) is -5.79. The Labute approximate surface area is 110 Å². The van der Waals surface area contributed by atoms with E-state index in [2.05, 4.69) is 13.6 Å². The fraction of sp³-hybridized carbons (Fsp3) is 0.667. The van der Waals surface area contributed by atoms with Gasteiger partial charge in [-0.25, -0.2) is 13.9 Å². The Morgan fingerprint density at radius 2 is 1.80 bits per heavy atom. The Balaban J connectivity index is 2.92. The first-order valence-electron chi connectivity index (χ1n) is 4.78. The van der Waals surface area contributed by atoms with Crippen molar-refractivity contribution in [3.8, 4) is 0 Å². The maximum absolute atomic E-state index is 11.3. The number of ketones is 1. The van der Waals surface area contributed by atoms with E-state index in [-0.39, 0.29) is 0 Å². The van der Waals surface area contributed by atoms with Crippen LogP contribution in [0.25, 0.3) is 0 Å². The minimum Gasteiger partial charge on any atom is -0.450 e. The van der Waals surface area contributed by atoms with Gasteiger partial charge in [-0.1, -0.05) is 0 Å². The maximum atomic E-state index is 11.3. The van der Waals surface area contributed by atoms with Crippen LogP contribution in [0.1, 0.15) is 0 Å². The molecular formula is C6H10O12P2. The van der Waals surface area contributed by atoms with Gasteiger partial charge in [0.2, 0.25) is 0 Å². The van der Waals surface area contributed by atoms with E-state index in [0.717, 1.165) is 0 Å². The third kappa shape index (κ3) is 4.42. The summed E-state index contributed by atoms with van der Waals surface area (Å²) in [5.41, 5.74) is 0. The average molecular weight is 336 g/mol. The highest BCUT2D eigenvalue weighted by atomic mass is 31.3. The molecule has 0 saturated carbocycles. The average Bonchev–Trinajstić information content (AvgIpc) is 2.52. The predicted octanol–water partition coefficient (Wildman–Crippen LogP) is -2.57. The Morgan fingerprint density at radius 1 is 1.25 bits per heavy atom. The molecule has 20 heavy (non-hydrogen) atoms. The van der Waals surface area contributed by atoms with Crippen molar-refractivity contribution in [2.75, 3.05) is 6.61 Å². The quantitative estimate of drug-likeness (QED) is 0.193. The normalized spacial score (nSPS) is 28.1. The molecule has 12 nitrogen and oxygen atoms in total. The number of hydrogen-bond donors (Lipinski definition) is 5. The molecule has 5 N–H and O–H groups in total. The molecule has 116 valence electrons. The molecule has 0 aromatic heterocycles. The first kappa shape index (κ1) is 17.4. The third-order valence-electron chi connectivity index (χ3n) is 2.02. The first-order chi connectivity index (χ1) is 8.97. The molecule has 0 bridgehead atoms. The minimum absolute atomic E-state index is 0.972. The second-order valence-electron chi connectivity index (χ2n) is 3.55. The highest BCUT2D eigenvalue weighted by Gasteiger charge is 2.52. The lowest BCUT2D eigenvalue weighted by molar-refractivity contribution is -0.151. The van der Waals surface area contributed by atoms with E-state index in [1.165, 1.54) is 0 Å². The molecule has 1 rings (SSSR count). The van der Waals surface area contributed by atoms with Gasteiger partial charge in [0, 0.05) is 0 Å². The van der Waals surface area contributed by atoms with Gasteiger partial charge in [0.05, 0.1) is 6.61 Å². The van der Waals surface area contributed by atoms with E-state index < -0.39 is 52.3 Å². The summed E-state index contributed by atoms with van der Waals surface area (Å²) < 4.78 is 33.5. The van der Waals surface area contributed by atoms with Gasteiger partial charge >= 0.3 is 21.6 Å². The predicted molar refractivity (Wildman–Crippen MR) is 55.8 cm³/mol. The Hall–Kier alpha value is -0.680. The summed E-state index contributed by atoms with van der Waals surface area (Å²) in [6, 6.07) is 0. The van der Waals surface area contributed by atoms with Crippen LogP contribution in [0, 0.1) is 0 Å². The Kier molecular flexibility index (Phi) is 5.19. The van der Waals surface area contributed by atoms with Crippen LogP contribution in [0.4, 0.5) is 0 Å². The second-order valence-corrected chi connectivity index (χ2v) is 6.33. The smallest absolute Gasteiger partial charge is 0.450 e. The highest BCUT2D eigenvalue weighted by Crippen LogP contribution is 2.58. The van der Waals surface area contributed by atoms with Crippen molar-refractivity contribution in [2.24, 2.45) is 0 Å². The molecule has 0 aromatic rings. The van der Waals surface area contributed by atoms with Crippen molar-refractivity contribution < 1.29 is 57.2 Å². The molecule has 2 unspecified atom stereocenters. The third-order valence-corrected chi connectivity index (χ3v) is 4.19. The van der Waals surface area contributed by atoms with Gasteiger partial charge in [-0.15, -0.1) is 0 Å². The first-order valence-corrected chi connectivity index (χ1v) is 7.81. The molecule has 0 aliphatic carbocycles. The molecule has 0 spiro atoms. The van der Waals surface area contributed by atoms with Crippen LogP contribution in [0.3, 0.4) is 0 Å². The summed E-state index contributed by atoms with van der Waals surface area (Å²) in [4.78, 5) is 48.1. The Morgan fingerprint density at radius 3 is 2.25 bits per heavy atom. The SMILES string of the molecule is O=C1O[C@H]([C@H](O)CO)C(OP(=O)(O)OP(=O)(O)O)C1=O. The van der Waals surface area contributed by atoms with Crippen molar-refractivity contribution in [2.45, 2.75) is 18.3 Å². The van der Waals surface area contributed by atoms with Crippen LogP contribution in [0.5, 0.6) is 0 Å². The zero-order valence-electron chi connectivity index (χ0n) is 9.43. The lowest BCUT2D eigenvalue weighted by Gasteiger charge is -2.21. The number of aliphatic hydroxyl groups excluding tert-OH is 2. The van der Waals surface area contributed by atoms with Gasteiger partial charge in [0.25, 0.3) is 5.78 Å². The van der Waals surface area contributed by atoms with Crippen LogP contribution in [0.15, 0.2) is 0 Å². The molecule has 1 heterocycles. The van der Waals surface area contributed by atoms with E-state index in [0.29, 0.717) is 0 Å². The zero-order chi connectivity index (χ0) is 15.7. The number of Topliss-reactive ketones (excluding diaryl/α,β-unsaturated/α-hetero) is 1. The molecule has 1 aliphatic heterocycles. The molecule has 0 amide bonds. The molecular weight excluding hydrogens is 326 g/mol. The van der Waals surface area contributed by atoms with Crippen molar-refractivity contribution in [3.63, 3.8) is 0 Å². The van der Waals surface area contributed by atoms with Crippen molar-refractivity contribution >= 4 is 27.4 Å². The van der Waals surface area contributed by atoms with Gasteiger partial charge < -0.3 is 29.6 Å². The summed E-state index contributed by atoms with van der Waals surface area (Å²) in [5, 5.41) is 17.9. The lowest BCUT2D eigenvalue weighted by atomic mass is 10.1. The molecule has 1 saturated heterocycles. The number of phosphoric ester groups is 1. The Bertz CT molecular complexity index is 494. The number of carbonyl (C=O) groups is 2. The van der Waals surface area contributed by atoms with Gasteiger partial charge in [0.1, 0.15) is 6.10 Å². The van der Waals surface area contributed by atoms with Crippen molar-refractivity contribution in [3.05, 3.63) is 0 Å². The monoisotopic (exact) mass is 336 g/mol. The van der Waals surface area contributed by atoms with Crippen LogP contribution in [-0.2, 0) is 32.3 Å². The van der Waals surface area contributed by atoms with E-state index in [1.807, 2.05) is 0 Å². The van der Waals surface area contributed by atoms with E-state index >= 15 is 0 Å². The number of cyclic esters (lactones) is 1. The zero-order valence-corrected chi connectivity index (χ0v) is 11.2. The summed E-state index contributed by atoms with van der Waals surface area (Å²) >= 11 is 0. The van der Waals surface area contributed by atoms with Crippen molar-refractivity contribution in [1.29, 1.82) is 0 Å². The van der Waals surface area contributed by atoms with Gasteiger partial charge in [-0.2, -0.15) is 4.31 Å². The molecule has 14 heteroatoms. The number of phosphoric acid groups is 2. The number of hydrogen-bond acceptors (Lipinski definition) is 9. The summed E-state index contributed by atoms with van der Waals surface area (Å²) in [6.45, 7) is -0.972. The molecule has 0 aromatic carbocycles. The number of aliphatic hydroxyl groups is 2. The number of esters is 1. The molecule has 4 atom stereocenters. The largest absolute Gasteiger partial charge is 0.481 e. The minimum atomic E-state index is -5.42. The van der Waals surface area contributed by atoms with Crippen LogP contribution >= 0.6 is 15.6 Å². The fourth-order valence-corrected chi connectivity index (χ4v) is 3.03. The van der Waals surface area contributed by atoms with Gasteiger partial charge in [-0.3, -0.25) is 9.32 Å². The van der Waals surface area contributed by atoms with Crippen LogP contribution in [-0.4, -0.2) is 61.6 Å². The van der Waals surface area contributed by atoms with Gasteiger partial charge in [0.15, 0.2) is 12.2 Å². The van der Waals surface area contributed by atoms with E-state index in [4.69, 9.17) is 19.8 Å².